The molecule has 3 rings (SSSR count). The number of hydrogen-bond acceptors (Lipinski definition) is 4. The molecule has 0 aliphatic rings. The summed E-state index contributed by atoms with van der Waals surface area (Å²) < 4.78 is 32.0. The third-order valence-corrected chi connectivity index (χ3v) is 7.09. The average Bonchev–Trinajstić information content (AvgIpc) is 2.76. The van der Waals surface area contributed by atoms with Gasteiger partial charge in [-0.1, -0.05) is 53.0 Å². The van der Waals surface area contributed by atoms with Crippen molar-refractivity contribution in [3.05, 3.63) is 81.8 Å². The molecule has 0 aliphatic heterocycles. The average molecular weight is 500 g/mol. The molecule has 162 valence electrons. The maximum atomic E-state index is 12.7. The van der Waals surface area contributed by atoms with Crippen LogP contribution in [-0.4, -0.2) is 28.0 Å². The molecule has 31 heavy (non-hydrogen) atoms. The molecule has 0 radical (unpaired) electrons. The van der Waals surface area contributed by atoms with E-state index < -0.39 is 15.9 Å². The van der Waals surface area contributed by atoms with Gasteiger partial charge in [0.25, 0.3) is 15.9 Å². The Morgan fingerprint density at radius 1 is 0.935 bits per heavy atom. The number of benzene rings is 3. The summed E-state index contributed by atoms with van der Waals surface area (Å²) in [6.45, 7) is -0.284. The zero-order valence-corrected chi connectivity index (χ0v) is 19.3. The van der Waals surface area contributed by atoms with Crippen LogP contribution >= 0.6 is 34.8 Å². The van der Waals surface area contributed by atoms with Crippen molar-refractivity contribution in [2.24, 2.45) is 0 Å². The SMILES string of the molecule is CN(c1ccc(OCC(=O)Nc2cc(Cl)c(Cl)cc2Cl)cc1)S(=O)(=O)c1ccccc1. The van der Waals surface area contributed by atoms with Gasteiger partial charge in [-0.25, -0.2) is 8.42 Å². The number of nitrogens with zero attached hydrogens (tertiary/aromatic N) is 1. The molecule has 0 saturated heterocycles. The van der Waals surface area contributed by atoms with Gasteiger partial charge in [0.2, 0.25) is 0 Å². The summed E-state index contributed by atoms with van der Waals surface area (Å²) in [5.74, 6) is -0.0576. The molecule has 0 bridgehead atoms. The number of anilines is 2. The van der Waals surface area contributed by atoms with Gasteiger partial charge < -0.3 is 10.1 Å². The van der Waals surface area contributed by atoms with Gasteiger partial charge in [-0.3, -0.25) is 9.10 Å². The zero-order chi connectivity index (χ0) is 22.6. The van der Waals surface area contributed by atoms with E-state index >= 15 is 0 Å². The normalized spacial score (nSPS) is 11.1. The van der Waals surface area contributed by atoms with Gasteiger partial charge in [0, 0.05) is 7.05 Å². The molecule has 0 aromatic heterocycles. The lowest BCUT2D eigenvalue weighted by molar-refractivity contribution is -0.118. The van der Waals surface area contributed by atoms with Crippen LogP contribution in [0.5, 0.6) is 5.75 Å². The maximum Gasteiger partial charge on any atom is 0.264 e. The largest absolute Gasteiger partial charge is 0.484 e. The molecule has 0 saturated carbocycles. The molecule has 6 nitrogen and oxygen atoms in total. The van der Waals surface area contributed by atoms with Gasteiger partial charge in [0.05, 0.1) is 31.3 Å². The lowest BCUT2D eigenvalue weighted by Gasteiger charge is -2.19. The molecule has 10 heteroatoms. The van der Waals surface area contributed by atoms with Crippen LogP contribution in [0, 0.1) is 0 Å². The van der Waals surface area contributed by atoms with Crippen molar-refractivity contribution >= 4 is 62.1 Å². The number of carbonyl (C=O) groups excluding carboxylic acids is 1. The van der Waals surface area contributed by atoms with Crippen molar-refractivity contribution in [3.63, 3.8) is 0 Å². The van der Waals surface area contributed by atoms with E-state index in [1.165, 1.54) is 35.6 Å². The fourth-order valence-corrected chi connectivity index (χ4v) is 4.41. The standard InChI is InChI=1S/C21H17Cl3N2O4S/c1-26(31(28,29)16-5-3-2-4-6-16)14-7-9-15(10-8-14)30-13-21(27)25-20-12-18(23)17(22)11-19(20)24/h2-12H,13H2,1H3,(H,25,27). The second-order valence-electron chi connectivity index (χ2n) is 6.36. The summed E-state index contributed by atoms with van der Waals surface area (Å²) in [5.41, 5.74) is 0.760. The van der Waals surface area contributed by atoms with Crippen molar-refractivity contribution in [3.8, 4) is 5.75 Å². The molecule has 0 unspecified atom stereocenters. The van der Waals surface area contributed by atoms with Gasteiger partial charge >= 0.3 is 0 Å². The molecule has 0 fully saturated rings. The van der Waals surface area contributed by atoms with Crippen LogP contribution in [0.4, 0.5) is 11.4 Å². The van der Waals surface area contributed by atoms with E-state index in [9.17, 15) is 13.2 Å². The first-order valence-corrected chi connectivity index (χ1v) is 11.5. The van der Waals surface area contributed by atoms with Crippen LogP contribution < -0.4 is 14.4 Å². The lowest BCUT2D eigenvalue weighted by atomic mass is 10.3. The molecular formula is C21H17Cl3N2O4S. The Labute approximate surface area is 195 Å². The predicted octanol–water partition coefficient (Wildman–Crippen LogP) is 5.49. The van der Waals surface area contributed by atoms with E-state index in [4.69, 9.17) is 39.5 Å². The number of rotatable bonds is 7. The minimum atomic E-state index is -3.68. The molecular weight excluding hydrogens is 483 g/mol. The molecule has 1 amide bonds. The fourth-order valence-electron chi connectivity index (χ4n) is 2.60. The van der Waals surface area contributed by atoms with Crippen LogP contribution in [0.2, 0.25) is 15.1 Å². The second kappa shape index (κ2) is 9.78. The number of carbonyl (C=O) groups is 1. The van der Waals surface area contributed by atoms with Crippen molar-refractivity contribution in [2.75, 3.05) is 23.3 Å². The zero-order valence-electron chi connectivity index (χ0n) is 16.2. The molecule has 3 aromatic carbocycles. The van der Waals surface area contributed by atoms with Crippen molar-refractivity contribution in [1.29, 1.82) is 0 Å². The van der Waals surface area contributed by atoms with Crippen LogP contribution in [0.1, 0.15) is 0 Å². The van der Waals surface area contributed by atoms with Crippen molar-refractivity contribution in [1.82, 2.24) is 0 Å². The van der Waals surface area contributed by atoms with Crippen molar-refractivity contribution in [2.45, 2.75) is 4.90 Å². The number of sulfonamides is 1. The Morgan fingerprint density at radius 3 is 2.19 bits per heavy atom. The first kappa shape index (κ1) is 23.2. The van der Waals surface area contributed by atoms with E-state index in [0.717, 1.165) is 0 Å². The second-order valence-corrected chi connectivity index (χ2v) is 9.55. The molecule has 0 atom stereocenters. The summed E-state index contributed by atoms with van der Waals surface area (Å²) in [6, 6.07) is 17.3. The Hall–Kier alpha value is -2.45. The van der Waals surface area contributed by atoms with Gasteiger partial charge in [0.15, 0.2) is 6.61 Å². The quantitative estimate of drug-likeness (QED) is 0.436. The summed E-state index contributed by atoms with van der Waals surface area (Å²) in [7, 11) is -2.22. The minimum Gasteiger partial charge on any atom is -0.484 e. The molecule has 0 heterocycles. The van der Waals surface area contributed by atoms with Gasteiger partial charge in [0.1, 0.15) is 5.75 Å². The third-order valence-electron chi connectivity index (χ3n) is 4.26. The van der Waals surface area contributed by atoms with E-state index in [1.807, 2.05) is 0 Å². The first-order valence-electron chi connectivity index (χ1n) is 8.90. The van der Waals surface area contributed by atoms with Crippen LogP contribution in [0.3, 0.4) is 0 Å². The van der Waals surface area contributed by atoms with Crippen LogP contribution in [0.25, 0.3) is 0 Å². The molecule has 0 aliphatic carbocycles. The highest BCUT2D eigenvalue weighted by Crippen LogP contribution is 2.32. The number of ether oxygens (including phenoxy) is 1. The Morgan fingerprint density at radius 2 is 1.55 bits per heavy atom. The summed E-state index contributed by atoms with van der Waals surface area (Å²) in [6.07, 6.45) is 0. The Bertz CT molecular complexity index is 1190. The molecule has 3 aromatic rings. The summed E-state index contributed by atoms with van der Waals surface area (Å²) in [4.78, 5) is 12.3. The highest BCUT2D eigenvalue weighted by molar-refractivity contribution is 7.92. The minimum absolute atomic E-state index is 0.190. The van der Waals surface area contributed by atoms with E-state index in [2.05, 4.69) is 5.32 Å². The Kier molecular flexibility index (Phi) is 7.33. The van der Waals surface area contributed by atoms with Crippen molar-refractivity contribution < 1.29 is 17.9 Å². The van der Waals surface area contributed by atoms with Gasteiger partial charge in [-0.2, -0.15) is 0 Å². The molecule has 1 N–H and O–H groups in total. The predicted molar refractivity (Wildman–Crippen MR) is 124 cm³/mol. The van der Waals surface area contributed by atoms with Gasteiger partial charge in [-0.15, -0.1) is 0 Å². The topological polar surface area (TPSA) is 75.7 Å². The third kappa shape index (κ3) is 5.62. The van der Waals surface area contributed by atoms with Crippen LogP contribution in [0.15, 0.2) is 71.6 Å². The molecule has 0 spiro atoms. The van der Waals surface area contributed by atoms with Crippen LogP contribution in [-0.2, 0) is 14.8 Å². The number of nitrogens with one attached hydrogen (secondary N) is 1. The highest BCUT2D eigenvalue weighted by Gasteiger charge is 2.20. The summed E-state index contributed by atoms with van der Waals surface area (Å²) >= 11 is 17.8. The monoisotopic (exact) mass is 498 g/mol. The van der Waals surface area contributed by atoms with E-state index in [1.54, 1.807) is 42.5 Å². The number of hydrogen-bond donors (Lipinski definition) is 1. The van der Waals surface area contributed by atoms with E-state index in [-0.39, 0.29) is 26.6 Å². The number of halogens is 3. The Balaban J connectivity index is 1.62. The first-order chi connectivity index (χ1) is 14.7. The maximum absolute atomic E-state index is 12.7. The highest BCUT2D eigenvalue weighted by atomic mass is 35.5. The summed E-state index contributed by atoms with van der Waals surface area (Å²) in [5, 5.41) is 3.37. The fraction of sp³-hybridized carbons (Fsp3) is 0.0952. The number of amides is 1. The smallest absolute Gasteiger partial charge is 0.264 e. The van der Waals surface area contributed by atoms with E-state index in [0.29, 0.717) is 17.1 Å². The van der Waals surface area contributed by atoms with Gasteiger partial charge in [-0.05, 0) is 48.5 Å². The lowest BCUT2D eigenvalue weighted by Crippen LogP contribution is -2.26.